The van der Waals surface area contributed by atoms with Gasteiger partial charge in [0.2, 0.25) is 0 Å². The van der Waals surface area contributed by atoms with Gasteiger partial charge in [0.15, 0.2) is 0 Å². The first-order valence-electron chi connectivity index (χ1n) is 4.78. The fraction of sp³-hybridized carbons (Fsp3) is 0.700. The summed E-state index contributed by atoms with van der Waals surface area (Å²) in [5.41, 5.74) is -0.615. The highest BCUT2D eigenvalue weighted by molar-refractivity contribution is 6.38. The highest BCUT2D eigenvalue weighted by atomic mass is 16.7. The Bertz CT molecular complexity index is 304. The summed E-state index contributed by atoms with van der Waals surface area (Å²) < 4.78 is 4.93. The van der Waals surface area contributed by atoms with Crippen LogP contribution in [0.1, 0.15) is 27.7 Å². The number of aliphatic imine (C=N–C) groups is 1. The van der Waals surface area contributed by atoms with E-state index in [9.17, 15) is 9.59 Å². The van der Waals surface area contributed by atoms with Gasteiger partial charge in [-0.15, -0.1) is 0 Å². The number of nitrogens with zero attached hydrogens (tertiary/aromatic N) is 2. The summed E-state index contributed by atoms with van der Waals surface area (Å²) in [5.74, 6) is -0.492. The molecule has 0 N–H and O–H groups in total. The third-order valence-electron chi connectivity index (χ3n) is 1.52. The predicted molar refractivity (Wildman–Crippen MR) is 59.1 cm³/mol. The second kappa shape index (κ2) is 5.60. The van der Waals surface area contributed by atoms with E-state index >= 15 is 0 Å². The summed E-state index contributed by atoms with van der Waals surface area (Å²) in [4.78, 5) is 30.9. The Kier molecular flexibility index (Phi) is 5.10. The van der Waals surface area contributed by atoms with Crippen molar-refractivity contribution in [1.29, 1.82) is 0 Å². The van der Waals surface area contributed by atoms with Crippen LogP contribution in [0.3, 0.4) is 0 Å². The number of hydroxylamine groups is 2. The minimum absolute atomic E-state index is 0.0126. The van der Waals surface area contributed by atoms with E-state index in [1.165, 1.54) is 21.1 Å². The zero-order chi connectivity index (χ0) is 12.9. The number of rotatable bonds is 2. The van der Waals surface area contributed by atoms with Crippen molar-refractivity contribution in [1.82, 2.24) is 5.06 Å². The van der Waals surface area contributed by atoms with Crippen LogP contribution in [0.25, 0.3) is 0 Å². The van der Waals surface area contributed by atoms with Crippen molar-refractivity contribution in [3.63, 3.8) is 0 Å². The maximum atomic E-state index is 11.4. The quantitative estimate of drug-likeness (QED) is 0.531. The van der Waals surface area contributed by atoms with Crippen molar-refractivity contribution >= 4 is 17.7 Å². The van der Waals surface area contributed by atoms with Crippen LogP contribution in [0.15, 0.2) is 4.99 Å². The molecule has 0 saturated carbocycles. The van der Waals surface area contributed by atoms with Gasteiger partial charge in [0, 0.05) is 7.05 Å². The Balaban J connectivity index is 4.55. The molecular formula is C10H18N2O4. The van der Waals surface area contributed by atoms with Crippen molar-refractivity contribution in [3.05, 3.63) is 0 Å². The van der Waals surface area contributed by atoms with E-state index in [0.29, 0.717) is 0 Å². The average molecular weight is 230 g/mol. The number of carbonyl (C=O) groups excluding carboxylic acids is 2. The van der Waals surface area contributed by atoms with Gasteiger partial charge in [-0.05, 0) is 27.7 Å². The zero-order valence-corrected chi connectivity index (χ0v) is 10.5. The van der Waals surface area contributed by atoms with Gasteiger partial charge in [-0.3, -0.25) is 9.63 Å². The molecule has 0 aromatic carbocycles. The zero-order valence-electron chi connectivity index (χ0n) is 10.5. The van der Waals surface area contributed by atoms with E-state index in [1.54, 1.807) is 20.8 Å². The van der Waals surface area contributed by atoms with E-state index < -0.39 is 17.6 Å². The van der Waals surface area contributed by atoms with Gasteiger partial charge in [0.1, 0.15) is 11.3 Å². The number of hydrogen-bond acceptors (Lipinski definition) is 4. The van der Waals surface area contributed by atoms with Gasteiger partial charge in [-0.2, -0.15) is 4.99 Å². The number of hydrogen-bond donors (Lipinski definition) is 0. The average Bonchev–Trinajstić information content (AvgIpc) is 2.12. The van der Waals surface area contributed by atoms with Crippen LogP contribution in [0, 0.1) is 0 Å². The molecule has 0 aromatic heterocycles. The summed E-state index contributed by atoms with van der Waals surface area (Å²) in [6.07, 6.45) is -0.789. The molecule has 0 rings (SSSR count). The summed E-state index contributed by atoms with van der Waals surface area (Å²) in [7, 11) is 2.77. The number of carbonyl (C=O) groups is 2. The lowest BCUT2D eigenvalue weighted by Crippen LogP contribution is -2.32. The first-order valence-corrected chi connectivity index (χ1v) is 4.78. The molecule has 0 radical (unpaired) electrons. The summed E-state index contributed by atoms with van der Waals surface area (Å²) >= 11 is 0. The molecule has 0 bridgehead atoms. The largest absolute Gasteiger partial charge is 0.442 e. The lowest BCUT2D eigenvalue weighted by molar-refractivity contribution is -0.160. The Morgan fingerprint density at radius 1 is 1.25 bits per heavy atom. The normalized spacial score (nSPS) is 12.2. The molecule has 0 atom stereocenters. The summed E-state index contributed by atoms with van der Waals surface area (Å²) in [6, 6.07) is 0. The van der Waals surface area contributed by atoms with Crippen molar-refractivity contribution in [2.75, 3.05) is 14.2 Å². The maximum absolute atomic E-state index is 11.4. The molecular weight excluding hydrogens is 212 g/mol. The van der Waals surface area contributed by atoms with E-state index in [1.807, 2.05) is 0 Å². The fourth-order valence-corrected chi connectivity index (χ4v) is 0.780. The monoisotopic (exact) mass is 230 g/mol. The number of amides is 2. The molecule has 0 unspecified atom stereocenters. The highest BCUT2D eigenvalue weighted by Gasteiger charge is 2.18. The van der Waals surface area contributed by atoms with E-state index in [0.717, 1.165) is 5.06 Å². The van der Waals surface area contributed by atoms with Crippen LogP contribution >= 0.6 is 0 Å². The first kappa shape index (κ1) is 14.6. The Hall–Kier alpha value is -1.43. The lowest BCUT2D eigenvalue weighted by Gasteiger charge is -2.18. The minimum atomic E-state index is -0.789. The van der Waals surface area contributed by atoms with Crippen LogP contribution < -0.4 is 0 Å². The molecule has 6 nitrogen and oxygen atoms in total. The van der Waals surface area contributed by atoms with E-state index in [4.69, 9.17) is 4.74 Å². The first-order chi connectivity index (χ1) is 7.17. The second-order valence-electron chi connectivity index (χ2n) is 4.16. The van der Waals surface area contributed by atoms with E-state index in [-0.39, 0.29) is 5.71 Å². The molecule has 0 fully saturated rings. The van der Waals surface area contributed by atoms with Crippen LogP contribution in [-0.2, 0) is 14.4 Å². The standard InChI is InChI=1S/C10H18N2O4/c1-7(8(13)12(5)15-6)11-9(14)16-10(2,3)4/h1-6H3/b11-7-. The molecule has 2 amide bonds. The van der Waals surface area contributed by atoms with Crippen LogP contribution in [-0.4, -0.2) is 42.5 Å². The molecule has 6 heteroatoms. The van der Waals surface area contributed by atoms with Gasteiger partial charge in [-0.25, -0.2) is 9.86 Å². The minimum Gasteiger partial charge on any atom is -0.442 e. The smallest absolute Gasteiger partial charge is 0.434 e. The third-order valence-corrected chi connectivity index (χ3v) is 1.52. The molecule has 0 aromatic rings. The Morgan fingerprint density at radius 3 is 2.12 bits per heavy atom. The van der Waals surface area contributed by atoms with E-state index in [2.05, 4.69) is 9.83 Å². The Labute approximate surface area is 95.2 Å². The predicted octanol–water partition coefficient (Wildman–Crippen LogP) is 1.40. The van der Waals surface area contributed by atoms with Crippen LogP contribution in [0.2, 0.25) is 0 Å². The van der Waals surface area contributed by atoms with Gasteiger partial charge >= 0.3 is 6.09 Å². The van der Waals surface area contributed by atoms with Crippen molar-refractivity contribution < 1.29 is 19.2 Å². The molecule has 0 aliphatic carbocycles. The molecule has 0 heterocycles. The van der Waals surface area contributed by atoms with Crippen molar-refractivity contribution in [2.45, 2.75) is 33.3 Å². The molecule has 16 heavy (non-hydrogen) atoms. The van der Waals surface area contributed by atoms with Gasteiger partial charge in [0.05, 0.1) is 7.11 Å². The van der Waals surface area contributed by atoms with Crippen molar-refractivity contribution in [3.8, 4) is 0 Å². The topological polar surface area (TPSA) is 68.2 Å². The molecule has 0 aliphatic heterocycles. The van der Waals surface area contributed by atoms with Crippen LogP contribution in [0.5, 0.6) is 0 Å². The molecule has 0 spiro atoms. The SMILES string of the molecule is CON(C)C(=O)/C(C)=N\C(=O)OC(C)(C)C. The third kappa shape index (κ3) is 5.45. The highest BCUT2D eigenvalue weighted by Crippen LogP contribution is 2.08. The van der Waals surface area contributed by atoms with Gasteiger partial charge < -0.3 is 4.74 Å². The molecule has 0 saturated heterocycles. The van der Waals surface area contributed by atoms with Crippen LogP contribution in [0.4, 0.5) is 4.79 Å². The fourth-order valence-electron chi connectivity index (χ4n) is 0.780. The number of ether oxygens (including phenoxy) is 1. The summed E-state index contributed by atoms with van der Waals surface area (Å²) in [6.45, 7) is 6.58. The molecule has 0 aliphatic rings. The lowest BCUT2D eigenvalue weighted by atomic mass is 10.2. The maximum Gasteiger partial charge on any atom is 0.434 e. The Morgan fingerprint density at radius 2 is 1.75 bits per heavy atom. The van der Waals surface area contributed by atoms with Gasteiger partial charge in [-0.1, -0.05) is 0 Å². The summed E-state index contributed by atoms with van der Waals surface area (Å²) in [5, 5.41) is 0.975. The van der Waals surface area contributed by atoms with Gasteiger partial charge in [0.25, 0.3) is 5.91 Å². The second-order valence-corrected chi connectivity index (χ2v) is 4.16. The molecule has 92 valence electrons. The van der Waals surface area contributed by atoms with Crippen molar-refractivity contribution in [2.24, 2.45) is 4.99 Å².